The molecule has 1 nitrogen and oxygen atoms in total. The SMILES string of the molecule is CCCCCCCCCCC1CC[C@]2(CC1)C[C@@]1(CCC(CCCCCCCCCC)CC1)C2=O. The van der Waals surface area contributed by atoms with Gasteiger partial charge in [0.1, 0.15) is 5.78 Å². The van der Waals surface area contributed by atoms with Gasteiger partial charge in [0, 0.05) is 10.8 Å². The molecule has 3 aliphatic rings. The second-order valence-electron chi connectivity index (χ2n) is 13.5. The van der Waals surface area contributed by atoms with E-state index in [0.717, 1.165) is 17.6 Å². The molecule has 0 N–H and O–H groups in total. The topological polar surface area (TPSA) is 17.1 Å². The molecule has 0 unspecified atom stereocenters. The standard InChI is InChI=1S/C34H62O/c1-3-5-7-9-11-13-15-17-19-30-21-25-33(26-22-30)29-34(32(33)35)27-23-31(24-28-34)20-18-16-14-12-10-8-6-4-2/h30-31H,3-29H2,1-2H3/t30?,31?,33-,34-. The summed E-state index contributed by atoms with van der Waals surface area (Å²) >= 11 is 0. The van der Waals surface area contributed by atoms with Crippen molar-refractivity contribution in [3.63, 3.8) is 0 Å². The predicted molar refractivity (Wildman–Crippen MR) is 153 cm³/mol. The van der Waals surface area contributed by atoms with Crippen LogP contribution in [0.2, 0.25) is 0 Å². The first-order valence-electron chi connectivity index (χ1n) is 16.7. The summed E-state index contributed by atoms with van der Waals surface area (Å²) in [4.78, 5) is 13.5. The van der Waals surface area contributed by atoms with Crippen molar-refractivity contribution in [1.29, 1.82) is 0 Å². The van der Waals surface area contributed by atoms with Crippen LogP contribution in [0.1, 0.15) is 187 Å². The third kappa shape index (κ3) is 8.88. The Hall–Kier alpha value is -0.330. The molecule has 0 bridgehead atoms. The molecule has 0 aromatic rings. The Morgan fingerprint density at radius 2 is 0.829 bits per heavy atom. The molecule has 0 saturated heterocycles. The average Bonchev–Trinajstić information content (AvgIpc) is 2.89. The first-order valence-corrected chi connectivity index (χ1v) is 16.7. The zero-order valence-corrected chi connectivity index (χ0v) is 24.2. The van der Waals surface area contributed by atoms with E-state index in [0.29, 0.717) is 0 Å². The second-order valence-corrected chi connectivity index (χ2v) is 13.5. The lowest BCUT2D eigenvalue weighted by Crippen LogP contribution is -2.59. The average molecular weight is 487 g/mol. The quantitative estimate of drug-likeness (QED) is 0.176. The Bertz CT molecular complexity index is 513. The fraction of sp³-hybridized carbons (Fsp3) is 0.971. The monoisotopic (exact) mass is 486 g/mol. The summed E-state index contributed by atoms with van der Waals surface area (Å²) in [5.41, 5.74) is 0.279. The lowest BCUT2D eigenvalue weighted by atomic mass is 9.43. The summed E-state index contributed by atoms with van der Waals surface area (Å²) < 4.78 is 0. The molecule has 2 spiro atoms. The largest absolute Gasteiger partial charge is 0.298 e. The predicted octanol–water partition coefficient (Wildman–Crippen LogP) is 11.4. The highest BCUT2D eigenvalue weighted by Gasteiger charge is 2.62. The van der Waals surface area contributed by atoms with E-state index >= 15 is 0 Å². The third-order valence-electron chi connectivity index (χ3n) is 10.7. The van der Waals surface area contributed by atoms with E-state index in [1.807, 2.05) is 0 Å². The molecule has 0 aromatic heterocycles. The van der Waals surface area contributed by atoms with Gasteiger partial charge in [0.2, 0.25) is 0 Å². The molecule has 0 aromatic carbocycles. The Kier molecular flexibility index (Phi) is 13.2. The van der Waals surface area contributed by atoms with Crippen molar-refractivity contribution < 1.29 is 4.79 Å². The van der Waals surface area contributed by atoms with Gasteiger partial charge in [0.15, 0.2) is 0 Å². The summed E-state index contributed by atoms with van der Waals surface area (Å²) in [6.07, 6.45) is 37.3. The van der Waals surface area contributed by atoms with Crippen LogP contribution in [0.25, 0.3) is 0 Å². The van der Waals surface area contributed by atoms with Gasteiger partial charge in [-0.05, 0) is 69.6 Å². The van der Waals surface area contributed by atoms with Gasteiger partial charge in [0.25, 0.3) is 0 Å². The molecular formula is C34H62O. The van der Waals surface area contributed by atoms with E-state index in [2.05, 4.69) is 13.8 Å². The zero-order valence-electron chi connectivity index (χ0n) is 24.2. The molecule has 0 aliphatic heterocycles. The summed E-state index contributed by atoms with van der Waals surface area (Å²) in [5, 5.41) is 0. The van der Waals surface area contributed by atoms with Gasteiger partial charge in [0.05, 0.1) is 0 Å². The molecule has 3 rings (SSSR count). The van der Waals surface area contributed by atoms with Crippen LogP contribution < -0.4 is 0 Å². The normalized spacial score (nSPS) is 30.7. The van der Waals surface area contributed by atoms with Crippen LogP contribution in [0.3, 0.4) is 0 Å². The lowest BCUT2D eigenvalue weighted by molar-refractivity contribution is -0.169. The van der Waals surface area contributed by atoms with Gasteiger partial charge in [-0.2, -0.15) is 0 Å². The van der Waals surface area contributed by atoms with Gasteiger partial charge in [-0.15, -0.1) is 0 Å². The molecule has 3 fully saturated rings. The molecule has 0 atom stereocenters. The number of unbranched alkanes of at least 4 members (excludes halogenated alkanes) is 14. The molecule has 35 heavy (non-hydrogen) atoms. The van der Waals surface area contributed by atoms with Crippen LogP contribution in [0.15, 0.2) is 0 Å². The highest BCUT2D eigenvalue weighted by atomic mass is 16.1. The fourth-order valence-electron chi connectivity index (χ4n) is 8.24. The van der Waals surface area contributed by atoms with Gasteiger partial charge >= 0.3 is 0 Å². The summed E-state index contributed by atoms with van der Waals surface area (Å²) in [5.74, 6) is 2.58. The molecule has 1 heteroatoms. The van der Waals surface area contributed by atoms with E-state index in [-0.39, 0.29) is 10.8 Å². The first-order chi connectivity index (χ1) is 17.1. The van der Waals surface area contributed by atoms with Gasteiger partial charge < -0.3 is 0 Å². The van der Waals surface area contributed by atoms with Crippen LogP contribution in [-0.4, -0.2) is 5.78 Å². The molecule has 0 radical (unpaired) electrons. The number of carbonyl (C=O) groups is 1. The Morgan fingerprint density at radius 3 is 1.14 bits per heavy atom. The molecule has 0 amide bonds. The van der Waals surface area contributed by atoms with Crippen molar-refractivity contribution in [3.8, 4) is 0 Å². The maximum atomic E-state index is 13.5. The van der Waals surface area contributed by atoms with Crippen LogP contribution in [-0.2, 0) is 4.79 Å². The number of rotatable bonds is 18. The van der Waals surface area contributed by atoms with E-state index in [9.17, 15) is 4.79 Å². The smallest absolute Gasteiger partial charge is 0.145 e. The minimum atomic E-state index is 0.139. The summed E-state index contributed by atoms with van der Waals surface area (Å²) in [6.45, 7) is 4.60. The number of Topliss-reactive ketones (excluding diaryl/α,β-unsaturated/α-hetero) is 1. The highest BCUT2D eigenvalue weighted by molar-refractivity contribution is 5.96. The summed E-state index contributed by atoms with van der Waals surface area (Å²) in [6, 6.07) is 0. The van der Waals surface area contributed by atoms with Crippen molar-refractivity contribution in [2.24, 2.45) is 22.7 Å². The van der Waals surface area contributed by atoms with Crippen LogP contribution >= 0.6 is 0 Å². The van der Waals surface area contributed by atoms with Crippen molar-refractivity contribution >= 4 is 5.78 Å². The maximum Gasteiger partial charge on any atom is 0.145 e. The number of carbonyl (C=O) groups excluding carboxylic acids is 1. The number of ketones is 1. The Balaban J connectivity index is 1.22. The van der Waals surface area contributed by atoms with Crippen molar-refractivity contribution in [2.45, 2.75) is 187 Å². The van der Waals surface area contributed by atoms with Crippen molar-refractivity contribution in [1.82, 2.24) is 0 Å². The molecule has 3 saturated carbocycles. The summed E-state index contributed by atoms with van der Waals surface area (Å²) in [7, 11) is 0. The number of hydrogen-bond donors (Lipinski definition) is 0. The highest BCUT2D eigenvalue weighted by Crippen LogP contribution is 2.64. The third-order valence-corrected chi connectivity index (χ3v) is 10.7. The van der Waals surface area contributed by atoms with Gasteiger partial charge in [-0.3, -0.25) is 4.79 Å². The maximum absolute atomic E-state index is 13.5. The van der Waals surface area contributed by atoms with E-state index in [1.165, 1.54) is 173 Å². The van der Waals surface area contributed by atoms with Crippen molar-refractivity contribution in [2.75, 3.05) is 0 Å². The van der Waals surface area contributed by atoms with E-state index in [1.54, 1.807) is 0 Å². The molecule has 204 valence electrons. The zero-order chi connectivity index (χ0) is 24.8. The number of hydrogen-bond acceptors (Lipinski definition) is 1. The second kappa shape index (κ2) is 15.8. The minimum absolute atomic E-state index is 0.139. The first kappa shape index (κ1) is 29.2. The fourth-order valence-corrected chi connectivity index (χ4v) is 8.24. The molecule has 0 heterocycles. The Morgan fingerprint density at radius 1 is 0.514 bits per heavy atom. The lowest BCUT2D eigenvalue weighted by Gasteiger charge is -2.59. The van der Waals surface area contributed by atoms with E-state index < -0.39 is 0 Å². The van der Waals surface area contributed by atoms with Gasteiger partial charge in [-0.25, -0.2) is 0 Å². The van der Waals surface area contributed by atoms with Crippen molar-refractivity contribution in [3.05, 3.63) is 0 Å². The van der Waals surface area contributed by atoms with E-state index in [4.69, 9.17) is 0 Å². The van der Waals surface area contributed by atoms with Crippen LogP contribution in [0, 0.1) is 22.7 Å². The molecule has 3 aliphatic carbocycles. The van der Waals surface area contributed by atoms with Crippen LogP contribution in [0.4, 0.5) is 0 Å². The van der Waals surface area contributed by atoms with Crippen LogP contribution in [0.5, 0.6) is 0 Å². The van der Waals surface area contributed by atoms with Gasteiger partial charge in [-0.1, -0.05) is 129 Å². The Labute approximate surface area is 220 Å². The minimum Gasteiger partial charge on any atom is -0.298 e. The molecular weight excluding hydrogens is 424 g/mol.